The fraction of sp³-hybridized carbons (Fsp3) is 0.611. The number of halogens is 1. The molecule has 2 aliphatic rings. The van der Waals surface area contributed by atoms with Crippen LogP contribution >= 0.6 is 15.9 Å². The zero-order chi connectivity index (χ0) is 36.5. The predicted molar refractivity (Wildman–Crippen MR) is 189 cm³/mol. The molecule has 0 saturated carbocycles. The topological polar surface area (TPSA) is 156 Å². The number of hydroxylamine groups is 2. The van der Waals surface area contributed by atoms with Crippen LogP contribution in [-0.4, -0.2) is 87.9 Å². The lowest BCUT2D eigenvalue weighted by Gasteiger charge is -2.40. The van der Waals surface area contributed by atoms with Gasteiger partial charge in [0.25, 0.3) is 5.91 Å². The van der Waals surface area contributed by atoms with Crippen molar-refractivity contribution in [3.8, 4) is 0 Å². The van der Waals surface area contributed by atoms with Gasteiger partial charge in [0.2, 0.25) is 17.7 Å². The molecule has 2 aromatic rings. The minimum atomic E-state index is -1.42. The van der Waals surface area contributed by atoms with Crippen LogP contribution in [0.5, 0.6) is 0 Å². The van der Waals surface area contributed by atoms with E-state index in [0.717, 1.165) is 28.3 Å². The second kappa shape index (κ2) is 17.8. The van der Waals surface area contributed by atoms with Gasteiger partial charge in [-0.15, -0.1) is 0 Å². The highest BCUT2D eigenvalue weighted by atomic mass is 79.9. The minimum absolute atomic E-state index is 0.109. The lowest BCUT2D eigenvalue weighted by Crippen LogP contribution is -2.65. The quantitative estimate of drug-likeness (QED) is 0.290. The van der Waals surface area contributed by atoms with Gasteiger partial charge in [0.1, 0.15) is 31.0 Å². The Morgan fingerprint density at radius 3 is 2.46 bits per heavy atom. The van der Waals surface area contributed by atoms with Crippen molar-refractivity contribution in [3.63, 3.8) is 0 Å². The van der Waals surface area contributed by atoms with Crippen molar-refractivity contribution < 1.29 is 38.4 Å². The molecule has 14 heteroatoms. The van der Waals surface area contributed by atoms with Gasteiger partial charge < -0.3 is 25.2 Å². The van der Waals surface area contributed by atoms with Gasteiger partial charge in [-0.2, -0.15) is 9.79 Å². The van der Waals surface area contributed by atoms with E-state index in [-0.39, 0.29) is 30.4 Å². The SMILES string of the molecule is CCC(=O)CCCCC[C@@H]1NC(=O)[C@H]2CCCCN2C(=O)[C@H](C(C)CC)NC(=O)[C@H](Cc2cn(OC)c3ccc(Br)cc23)N(OC(C)=O)C1=O. The van der Waals surface area contributed by atoms with Crippen LogP contribution in [0.1, 0.15) is 97.5 Å². The third kappa shape index (κ3) is 9.23. The average molecular weight is 761 g/mol. The first-order valence-corrected chi connectivity index (χ1v) is 18.5. The van der Waals surface area contributed by atoms with Crippen LogP contribution in [0.2, 0.25) is 0 Å². The van der Waals surface area contributed by atoms with Gasteiger partial charge in [-0.05, 0) is 61.8 Å². The summed E-state index contributed by atoms with van der Waals surface area (Å²) in [5.41, 5.74) is 1.32. The monoisotopic (exact) mass is 759 g/mol. The van der Waals surface area contributed by atoms with Gasteiger partial charge in [0, 0.05) is 48.8 Å². The molecule has 0 spiro atoms. The number of Topliss-reactive ketones (excluding diaryl/α,β-unsaturated/α-hetero) is 1. The molecular weight excluding hydrogens is 710 g/mol. The summed E-state index contributed by atoms with van der Waals surface area (Å²) < 4.78 is 2.31. The molecule has 0 radical (unpaired) electrons. The van der Waals surface area contributed by atoms with Crippen molar-refractivity contribution in [2.75, 3.05) is 13.7 Å². The van der Waals surface area contributed by atoms with E-state index in [1.165, 1.54) is 16.7 Å². The Morgan fingerprint density at radius 2 is 1.78 bits per heavy atom. The normalized spacial score (nSPS) is 22.6. The Kier molecular flexibility index (Phi) is 13.8. The van der Waals surface area contributed by atoms with Crippen molar-refractivity contribution >= 4 is 62.2 Å². The third-order valence-electron chi connectivity index (χ3n) is 9.78. The standard InChI is InChI=1S/C36H50BrN5O8/c1-6-22(3)32-36(48)40-18-12-11-15-30(40)33(45)38-28(14-10-8-9-13-26(44)7-2)35(47)42(50-23(4)43)31(34(46)39-32)19-24-21-41(49-5)29-17-16-25(37)20-27(24)29/h16-17,20-22,28,30-32H,6-15,18-19H2,1-5H3,(H,38,45)(H,39,46)/t22?,28-,30+,31-,32-/m0/s1. The second-order valence-corrected chi connectivity index (χ2v) is 14.2. The van der Waals surface area contributed by atoms with Gasteiger partial charge in [0.15, 0.2) is 6.04 Å². The number of nitrogens with one attached hydrogen (secondary N) is 2. The second-order valence-electron chi connectivity index (χ2n) is 13.3. The van der Waals surface area contributed by atoms with Gasteiger partial charge in [-0.1, -0.05) is 56.0 Å². The number of piperidine rings is 1. The highest BCUT2D eigenvalue weighted by molar-refractivity contribution is 9.10. The first-order chi connectivity index (χ1) is 23.9. The van der Waals surface area contributed by atoms with Crippen molar-refractivity contribution in [3.05, 3.63) is 34.4 Å². The molecule has 13 nitrogen and oxygen atoms in total. The number of ketones is 1. The maximum Gasteiger partial charge on any atom is 0.329 e. The molecule has 2 N–H and O–H groups in total. The van der Waals surface area contributed by atoms with E-state index in [9.17, 15) is 28.8 Å². The molecule has 2 aliphatic heterocycles. The van der Waals surface area contributed by atoms with Gasteiger partial charge >= 0.3 is 5.97 Å². The fourth-order valence-corrected chi connectivity index (χ4v) is 7.09. The number of benzene rings is 1. The molecule has 0 aliphatic carbocycles. The first-order valence-electron chi connectivity index (χ1n) is 17.7. The molecule has 2 fully saturated rings. The van der Waals surface area contributed by atoms with Crippen LogP contribution in [-0.2, 0) is 40.0 Å². The summed E-state index contributed by atoms with van der Waals surface area (Å²) in [6, 6.07) is 1.15. The van der Waals surface area contributed by atoms with E-state index in [1.807, 2.05) is 39.0 Å². The van der Waals surface area contributed by atoms with E-state index >= 15 is 0 Å². The molecule has 2 saturated heterocycles. The zero-order valence-corrected chi connectivity index (χ0v) is 31.3. The number of amides is 4. The Balaban J connectivity index is 1.81. The number of fused-ring (bicyclic) bond motifs is 2. The van der Waals surface area contributed by atoms with Gasteiger partial charge in [0.05, 0.1) is 5.52 Å². The molecule has 1 aromatic carbocycles. The van der Waals surface area contributed by atoms with E-state index in [0.29, 0.717) is 69.0 Å². The molecule has 1 unspecified atom stereocenters. The van der Waals surface area contributed by atoms with Crippen molar-refractivity contribution in [2.24, 2.45) is 5.92 Å². The van der Waals surface area contributed by atoms with Crippen LogP contribution < -0.4 is 15.5 Å². The van der Waals surface area contributed by atoms with Crippen LogP contribution in [0.25, 0.3) is 10.9 Å². The van der Waals surface area contributed by atoms with Crippen LogP contribution in [0.4, 0.5) is 0 Å². The summed E-state index contributed by atoms with van der Waals surface area (Å²) in [6.07, 6.45) is 6.76. The van der Waals surface area contributed by atoms with Gasteiger partial charge in [-0.25, -0.2) is 0 Å². The number of carbonyl (C=O) groups is 6. The van der Waals surface area contributed by atoms with Crippen molar-refractivity contribution in [2.45, 2.75) is 122 Å². The molecule has 4 rings (SSSR count). The highest BCUT2D eigenvalue weighted by Gasteiger charge is 2.44. The maximum absolute atomic E-state index is 14.6. The molecule has 4 amide bonds. The molecule has 1 aromatic heterocycles. The van der Waals surface area contributed by atoms with E-state index in [2.05, 4.69) is 26.6 Å². The lowest BCUT2D eigenvalue weighted by atomic mass is 9.93. The summed E-state index contributed by atoms with van der Waals surface area (Å²) in [6.45, 7) is 7.06. The summed E-state index contributed by atoms with van der Waals surface area (Å²) in [4.78, 5) is 94.4. The fourth-order valence-electron chi connectivity index (χ4n) is 6.73. The molecular formula is C36H50BrN5O8. The summed E-state index contributed by atoms with van der Waals surface area (Å²) >= 11 is 3.51. The van der Waals surface area contributed by atoms with Crippen LogP contribution in [0, 0.1) is 5.92 Å². The molecule has 5 atom stereocenters. The van der Waals surface area contributed by atoms with E-state index in [1.54, 1.807) is 6.20 Å². The maximum atomic E-state index is 14.6. The van der Waals surface area contributed by atoms with Crippen molar-refractivity contribution in [1.29, 1.82) is 0 Å². The molecule has 50 heavy (non-hydrogen) atoms. The molecule has 0 bridgehead atoms. The Labute approximate surface area is 301 Å². The number of unbranched alkanes of at least 4 members (excludes halogenated alkanes) is 2. The first kappa shape index (κ1) is 38.9. The number of rotatable bonds is 13. The highest BCUT2D eigenvalue weighted by Crippen LogP contribution is 2.28. The number of aromatic nitrogens is 1. The summed E-state index contributed by atoms with van der Waals surface area (Å²) in [7, 11) is 1.50. The predicted octanol–water partition coefficient (Wildman–Crippen LogP) is 4.02. The third-order valence-corrected chi connectivity index (χ3v) is 10.3. The smallest absolute Gasteiger partial charge is 0.329 e. The van der Waals surface area contributed by atoms with E-state index in [4.69, 9.17) is 9.68 Å². The largest absolute Gasteiger partial charge is 0.417 e. The number of nitrogens with zero attached hydrogens (tertiary/aromatic N) is 3. The molecule has 274 valence electrons. The van der Waals surface area contributed by atoms with Gasteiger partial charge in [-0.3, -0.25) is 28.8 Å². The Bertz CT molecular complexity index is 1580. The Hall–Kier alpha value is -3.94. The summed E-state index contributed by atoms with van der Waals surface area (Å²) in [5.74, 6) is -3.27. The Morgan fingerprint density at radius 1 is 1.02 bits per heavy atom. The summed E-state index contributed by atoms with van der Waals surface area (Å²) in [5, 5.41) is 7.31. The molecule has 3 heterocycles. The number of hydrogen-bond donors (Lipinski definition) is 2. The number of carbonyl (C=O) groups excluding carboxylic acids is 6. The lowest BCUT2D eigenvalue weighted by molar-refractivity contribution is -0.208. The van der Waals surface area contributed by atoms with Crippen LogP contribution in [0.3, 0.4) is 0 Å². The van der Waals surface area contributed by atoms with Crippen molar-refractivity contribution in [1.82, 2.24) is 25.3 Å². The van der Waals surface area contributed by atoms with Crippen LogP contribution in [0.15, 0.2) is 28.9 Å². The number of hydrogen-bond acceptors (Lipinski definition) is 8. The average Bonchev–Trinajstić information content (AvgIpc) is 3.45. The minimum Gasteiger partial charge on any atom is -0.417 e. The zero-order valence-electron chi connectivity index (χ0n) is 29.7. The van der Waals surface area contributed by atoms with E-state index < -0.39 is 47.9 Å².